The first-order valence-electron chi connectivity index (χ1n) is 5.78. The molecular formula is C11H23N3O3. The zero-order valence-electron chi connectivity index (χ0n) is 11.4. The second-order valence-electron chi connectivity index (χ2n) is 5.02. The molecule has 0 saturated heterocycles. The van der Waals surface area contributed by atoms with Gasteiger partial charge in [0.15, 0.2) is 0 Å². The Kier molecular flexibility index (Phi) is 6.53. The second-order valence-corrected chi connectivity index (χ2v) is 5.02. The average Bonchev–Trinajstić information content (AvgIpc) is 2.19. The lowest BCUT2D eigenvalue weighted by molar-refractivity contribution is -0.719. The molecule has 0 unspecified atom stereocenters. The Bertz CT molecular complexity index is 272. The van der Waals surface area contributed by atoms with Gasteiger partial charge < -0.3 is 14.8 Å². The zero-order valence-corrected chi connectivity index (χ0v) is 11.4. The van der Waals surface area contributed by atoms with E-state index in [-0.39, 0.29) is 11.3 Å². The fraction of sp³-hybridized carbons (Fsp3) is 0.909. The highest BCUT2D eigenvalue weighted by atomic mass is 16.7. The number of carbonyl (C=O) groups is 1. The predicted octanol–water partition coefficient (Wildman–Crippen LogP) is 2.29. The summed E-state index contributed by atoms with van der Waals surface area (Å²) in [6, 6.07) is 0. The summed E-state index contributed by atoms with van der Waals surface area (Å²) in [6.07, 6.45) is 2.03. The zero-order chi connectivity index (χ0) is 13.5. The van der Waals surface area contributed by atoms with Gasteiger partial charge in [0.2, 0.25) is 5.28 Å². The number of hydrogen-bond acceptors (Lipinski definition) is 4. The Morgan fingerprint density at radius 1 is 1.41 bits per heavy atom. The highest BCUT2D eigenvalue weighted by Gasteiger charge is 2.23. The standard InChI is InChI=1S/C11H23N3O3/c1-10(15)8-6-7-9-17-12-14(16)13(5)11(2,3)4/h6-9H2,1-5H3/b14-12-. The molecule has 17 heavy (non-hydrogen) atoms. The molecule has 0 atom stereocenters. The maximum Gasteiger partial charge on any atom is 0.233 e. The van der Waals surface area contributed by atoms with Crippen molar-refractivity contribution in [2.75, 3.05) is 13.7 Å². The monoisotopic (exact) mass is 245 g/mol. The molecule has 0 aromatic rings. The Balaban J connectivity index is 3.81. The van der Waals surface area contributed by atoms with E-state index in [1.807, 2.05) is 20.8 Å². The normalized spacial score (nSPS) is 12.4. The van der Waals surface area contributed by atoms with Crippen molar-refractivity contribution in [1.82, 2.24) is 5.01 Å². The van der Waals surface area contributed by atoms with Crippen LogP contribution in [0, 0.1) is 5.21 Å². The summed E-state index contributed by atoms with van der Waals surface area (Å²) in [5, 5.41) is 16.3. The summed E-state index contributed by atoms with van der Waals surface area (Å²) in [7, 11) is 1.65. The minimum absolute atomic E-state index is 0.167. The first-order chi connectivity index (χ1) is 7.75. The molecule has 0 saturated carbocycles. The molecule has 0 aromatic carbocycles. The number of rotatable bonds is 7. The molecule has 0 rings (SSSR count). The van der Waals surface area contributed by atoms with E-state index >= 15 is 0 Å². The van der Waals surface area contributed by atoms with Crippen molar-refractivity contribution in [3.05, 3.63) is 5.21 Å². The average molecular weight is 245 g/mol. The Hall–Kier alpha value is -1.33. The number of Topliss-reactive ketones (excluding diaryl/α,β-unsaturated/α-hetero) is 1. The number of hydrazine groups is 1. The van der Waals surface area contributed by atoms with Gasteiger partial charge in [-0.2, -0.15) is 0 Å². The third-order valence-electron chi connectivity index (χ3n) is 2.37. The van der Waals surface area contributed by atoms with Crippen molar-refractivity contribution in [3.8, 4) is 0 Å². The first kappa shape index (κ1) is 15.7. The van der Waals surface area contributed by atoms with E-state index in [1.165, 1.54) is 5.01 Å². The molecule has 0 heterocycles. The van der Waals surface area contributed by atoms with E-state index < -0.39 is 0 Å². The third kappa shape index (κ3) is 7.54. The van der Waals surface area contributed by atoms with Crippen LogP contribution < -0.4 is 0 Å². The van der Waals surface area contributed by atoms with Crippen LogP contribution in [0.3, 0.4) is 0 Å². The highest BCUT2D eigenvalue weighted by molar-refractivity contribution is 5.75. The van der Waals surface area contributed by atoms with Crippen LogP contribution in [0.5, 0.6) is 0 Å². The molecule has 0 spiro atoms. The molecule has 0 aliphatic carbocycles. The summed E-state index contributed by atoms with van der Waals surface area (Å²) in [4.78, 5) is 16.0. The van der Waals surface area contributed by atoms with Crippen molar-refractivity contribution in [2.24, 2.45) is 5.28 Å². The number of nitrogens with zero attached hydrogens (tertiary/aromatic N) is 3. The molecule has 0 bridgehead atoms. The fourth-order valence-electron chi connectivity index (χ4n) is 0.942. The van der Waals surface area contributed by atoms with Gasteiger partial charge in [0.1, 0.15) is 12.4 Å². The lowest BCUT2D eigenvalue weighted by atomic mass is 10.1. The van der Waals surface area contributed by atoms with Gasteiger partial charge in [-0.15, -0.1) is 5.01 Å². The molecule has 6 heteroatoms. The number of unbranched alkanes of at least 4 members (excludes halogenated alkanes) is 1. The van der Waals surface area contributed by atoms with Gasteiger partial charge >= 0.3 is 0 Å². The van der Waals surface area contributed by atoms with E-state index in [4.69, 9.17) is 4.84 Å². The van der Waals surface area contributed by atoms with Crippen molar-refractivity contribution in [1.29, 1.82) is 0 Å². The number of hydrogen-bond donors (Lipinski definition) is 0. The Morgan fingerprint density at radius 3 is 2.47 bits per heavy atom. The topological polar surface area (TPSA) is 68.0 Å². The largest absolute Gasteiger partial charge is 0.569 e. The summed E-state index contributed by atoms with van der Waals surface area (Å²) >= 11 is 0. The molecule has 0 aliphatic heterocycles. The van der Waals surface area contributed by atoms with Crippen LogP contribution in [0.15, 0.2) is 5.28 Å². The van der Waals surface area contributed by atoms with Crippen molar-refractivity contribution >= 4 is 5.78 Å². The molecule has 6 nitrogen and oxygen atoms in total. The number of carbonyl (C=O) groups excluding carboxylic acids is 1. The van der Waals surface area contributed by atoms with E-state index in [2.05, 4.69) is 5.28 Å². The van der Waals surface area contributed by atoms with Gasteiger partial charge in [-0.05, 0) is 40.5 Å². The second kappa shape index (κ2) is 7.09. The first-order valence-corrected chi connectivity index (χ1v) is 5.78. The fourth-order valence-corrected chi connectivity index (χ4v) is 0.942. The smallest absolute Gasteiger partial charge is 0.233 e. The van der Waals surface area contributed by atoms with Crippen LogP contribution in [0.2, 0.25) is 0 Å². The lowest BCUT2D eigenvalue weighted by Crippen LogP contribution is -2.42. The molecule has 0 radical (unpaired) electrons. The van der Waals surface area contributed by atoms with Crippen LogP contribution in [0.1, 0.15) is 47.0 Å². The van der Waals surface area contributed by atoms with Crippen LogP contribution >= 0.6 is 0 Å². The molecular weight excluding hydrogens is 222 g/mol. The summed E-state index contributed by atoms with van der Waals surface area (Å²) in [5.74, 6) is 0.167. The highest BCUT2D eigenvalue weighted by Crippen LogP contribution is 2.10. The van der Waals surface area contributed by atoms with Crippen LogP contribution in [0.25, 0.3) is 0 Å². The van der Waals surface area contributed by atoms with Crippen LogP contribution in [-0.4, -0.2) is 35.0 Å². The minimum Gasteiger partial charge on any atom is -0.569 e. The maximum absolute atomic E-state index is 11.4. The van der Waals surface area contributed by atoms with E-state index in [0.29, 0.717) is 18.0 Å². The SMILES string of the molecule is CC(=O)CCCCO/N=[N+](\[O-])N(C)C(C)(C)C. The van der Waals surface area contributed by atoms with Crippen LogP contribution in [-0.2, 0) is 9.63 Å². The minimum atomic E-state index is -0.302. The number of ketones is 1. The van der Waals surface area contributed by atoms with Crippen molar-refractivity contribution in [2.45, 2.75) is 52.5 Å². The van der Waals surface area contributed by atoms with Gasteiger partial charge in [-0.1, -0.05) is 0 Å². The van der Waals surface area contributed by atoms with Crippen molar-refractivity contribution < 1.29 is 14.6 Å². The summed E-state index contributed by atoms with van der Waals surface area (Å²) in [5.41, 5.74) is -0.302. The van der Waals surface area contributed by atoms with E-state index in [0.717, 1.165) is 12.8 Å². The van der Waals surface area contributed by atoms with Crippen LogP contribution in [0.4, 0.5) is 0 Å². The van der Waals surface area contributed by atoms with Crippen molar-refractivity contribution in [3.63, 3.8) is 0 Å². The van der Waals surface area contributed by atoms with Gasteiger partial charge in [0.05, 0.1) is 17.6 Å². The van der Waals surface area contributed by atoms with Gasteiger partial charge in [0.25, 0.3) is 0 Å². The van der Waals surface area contributed by atoms with Gasteiger partial charge in [-0.3, -0.25) is 0 Å². The molecule has 0 fully saturated rings. The molecule has 100 valence electrons. The summed E-state index contributed by atoms with van der Waals surface area (Å²) in [6.45, 7) is 7.62. The molecule has 0 aromatic heterocycles. The Morgan fingerprint density at radius 2 is 2.00 bits per heavy atom. The van der Waals surface area contributed by atoms with Gasteiger partial charge in [-0.25, -0.2) is 0 Å². The van der Waals surface area contributed by atoms with Gasteiger partial charge in [0, 0.05) is 6.42 Å². The predicted molar refractivity (Wildman–Crippen MR) is 64.1 cm³/mol. The summed E-state index contributed by atoms with van der Waals surface area (Å²) < 4.78 is 0. The lowest BCUT2D eigenvalue weighted by Gasteiger charge is -2.26. The molecule has 0 amide bonds. The quantitative estimate of drug-likeness (QED) is 0.299. The Labute approximate surface area is 103 Å². The van der Waals surface area contributed by atoms with E-state index in [9.17, 15) is 10.0 Å². The third-order valence-corrected chi connectivity index (χ3v) is 2.37. The molecule has 0 aliphatic rings. The maximum atomic E-state index is 11.4. The molecule has 0 N–H and O–H groups in total. The van der Waals surface area contributed by atoms with E-state index in [1.54, 1.807) is 14.0 Å².